The molecular formula is C23H22N2O4. The number of carbonyl (C=O) groups is 2. The SMILES string of the molecule is CCCCOC(=O)c1ccc(NC(=O)c2ccc(-c3ccccc3)[nH]c2=O)cc1. The van der Waals surface area contributed by atoms with Gasteiger partial charge in [0.05, 0.1) is 12.2 Å². The van der Waals surface area contributed by atoms with Crippen molar-refractivity contribution >= 4 is 17.6 Å². The average Bonchev–Trinajstić information content (AvgIpc) is 2.75. The maximum absolute atomic E-state index is 12.5. The van der Waals surface area contributed by atoms with E-state index in [1.54, 1.807) is 30.3 Å². The Morgan fingerprint density at radius 3 is 2.34 bits per heavy atom. The van der Waals surface area contributed by atoms with Crippen molar-refractivity contribution in [3.05, 3.63) is 88.2 Å². The van der Waals surface area contributed by atoms with Gasteiger partial charge in [0, 0.05) is 11.4 Å². The average molecular weight is 390 g/mol. The number of aromatic amines is 1. The summed E-state index contributed by atoms with van der Waals surface area (Å²) in [4.78, 5) is 39.4. The minimum atomic E-state index is -0.524. The molecule has 0 spiro atoms. The maximum atomic E-state index is 12.5. The van der Waals surface area contributed by atoms with E-state index >= 15 is 0 Å². The monoisotopic (exact) mass is 390 g/mol. The highest BCUT2D eigenvalue weighted by Crippen LogP contribution is 2.16. The molecule has 0 aliphatic carbocycles. The summed E-state index contributed by atoms with van der Waals surface area (Å²) in [5, 5.41) is 2.67. The van der Waals surface area contributed by atoms with Gasteiger partial charge in [0.15, 0.2) is 0 Å². The molecule has 3 aromatic rings. The highest BCUT2D eigenvalue weighted by molar-refractivity contribution is 6.04. The number of esters is 1. The maximum Gasteiger partial charge on any atom is 0.338 e. The zero-order chi connectivity index (χ0) is 20.6. The van der Waals surface area contributed by atoms with Crippen molar-refractivity contribution < 1.29 is 14.3 Å². The number of rotatable bonds is 7. The molecular weight excluding hydrogens is 368 g/mol. The van der Waals surface area contributed by atoms with Crippen LogP contribution in [0.3, 0.4) is 0 Å². The second-order valence-electron chi connectivity index (χ2n) is 6.50. The third-order valence-corrected chi connectivity index (χ3v) is 4.35. The first-order valence-electron chi connectivity index (χ1n) is 9.46. The van der Waals surface area contributed by atoms with Crippen LogP contribution in [0, 0.1) is 0 Å². The van der Waals surface area contributed by atoms with Crippen LogP contribution < -0.4 is 10.9 Å². The van der Waals surface area contributed by atoms with E-state index in [-0.39, 0.29) is 5.56 Å². The number of nitrogens with one attached hydrogen (secondary N) is 2. The summed E-state index contributed by atoms with van der Waals surface area (Å²) in [7, 11) is 0. The molecule has 0 unspecified atom stereocenters. The van der Waals surface area contributed by atoms with Crippen LogP contribution in [0.4, 0.5) is 5.69 Å². The Morgan fingerprint density at radius 2 is 1.69 bits per heavy atom. The van der Waals surface area contributed by atoms with Crippen molar-refractivity contribution in [2.75, 3.05) is 11.9 Å². The molecule has 3 rings (SSSR count). The Hall–Kier alpha value is -3.67. The van der Waals surface area contributed by atoms with E-state index in [0.717, 1.165) is 18.4 Å². The topological polar surface area (TPSA) is 88.3 Å². The smallest absolute Gasteiger partial charge is 0.338 e. The number of unbranched alkanes of at least 4 members (excludes halogenated alkanes) is 1. The molecule has 0 fully saturated rings. The molecule has 1 heterocycles. The standard InChI is InChI=1S/C23H22N2O4/c1-2-3-15-29-23(28)17-9-11-18(12-10-17)24-21(26)19-13-14-20(25-22(19)27)16-7-5-4-6-8-16/h4-14H,2-3,15H2,1H3,(H,24,26)(H,25,27). The van der Waals surface area contributed by atoms with Crippen molar-refractivity contribution in [3.8, 4) is 11.3 Å². The number of ether oxygens (including phenoxy) is 1. The molecule has 148 valence electrons. The van der Waals surface area contributed by atoms with E-state index in [0.29, 0.717) is 23.6 Å². The molecule has 1 aromatic heterocycles. The third kappa shape index (κ3) is 5.19. The van der Waals surface area contributed by atoms with E-state index < -0.39 is 17.4 Å². The fourth-order valence-corrected chi connectivity index (χ4v) is 2.72. The van der Waals surface area contributed by atoms with Gasteiger partial charge in [-0.3, -0.25) is 9.59 Å². The van der Waals surface area contributed by atoms with Gasteiger partial charge in [0.25, 0.3) is 11.5 Å². The van der Waals surface area contributed by atoms with E-state index in [4.69, 9.17) is 4.74 Å². The van der Waals surface area contributed by atoms with Crippen LogP contribution in [0.15, 0.2) is 71.5 Å². The molecule has 0 bridgehead atoms. The van der Waals surface area contributed by atoms with Gasteiger partial charge in [-0.1, -0.05) is 43.7 Å². The Morgan fingerprint density at radius 1 is 0.966 bits per heavy atom. The number of hydrogen-bond acceptors (Lipinski definition) is 4. The minimum absolute atomic E-state index is 0.00716. The number of amides is 1. The Bertz CT molecular complexity index is 1040. The van der Waals surface area contributed by atoms with Crippen LogP contribution in [0.5, 0.6) is 0 Å². The summed E-state index contributed by atoms with van der Waals surface area (Å²) in [6.45, 7) is 2.40. The van der Waals surface area contributed by atoms with E-state index in [1.165, 1.54) is 6.07 Å². The zero-order valence-corrected chi connectivity index (χ0v) is 16.1. The van der Waals surface area contributed by atoms with Gasteiger partial charge in [0.1, 0.15) is 5.56 Å². The lowest BCUT2D eigenvalue weighted by atomic mass is 10.1. The molecule has 0 aliphatic heterocycles. The molecule has 0 atom stereocenters. The Balaban J connectivity index is 1.67. The number of aromatic nitrogens is 1. The number of pyridine rings is 1. The largest absolute Gasteiger partial charge is 0.462 e. The molecule has 1 amide bonds. The van der Waals surface area contributed by atoms with Gasteiger partial charge in [-0.05, 0) is 48.4 Å². The highest BCUT2D eigenvalue weighted by Gasteiger charge is 2.13. The van der Waals surface area contributed by atoms with Crippen molar-refractivity contribution in [2.24, 2.45) is 0 Å². The lowest BCUT2D eigenvalue weighted by molar-refractivity contribution is 0.0499. The molecule has 2 aromatic carbocycles. The molecule has 6 nitrogen and oxygen atoms in total. The number of hydrogen-bond donors (Lipinski definition) is 2. The summed E-state index contributed by atoms with van der Waals surface area (Å²) in [6, 6.07) is 18.9. The summed E-state index contributed by atoms with van der Waals surface area (Å²) < 4.78 is 5.15. The molecule has 6 heteroatoms. The van der Waals surface area contributed by atoms with Crippen LogP contribution in [0.25, 0.3) is 11.3 Å². The van der Waals surface area contributed by atoms with Crippen molar-refractivity contribution in [3.63, 3.8) is 0 Å². The fraction of sp³-hybridized carbons (Fsp3) is 0.174. The first-order valence-corrected chi connectivity index (χ1v) is 9.46. The van der Waals surface area contributed by atoms with Crippen molar-refractivity contribution in [2.45, 2.75) is 19.8 Å². The van der Waals surface area contributed by atoms with Crippen LogP contribution in [-0.2, 0) is 4.74 Å². The van der Waals surface area contributed by atoms with Gasteiger partial charge >= 0.3 is 5.97 Å². The van der Waals surface area contributed by atoms with Crippen LogP contribution >= 0.6 is 0 Å². The third-order valence-electron chi connectivity index (χ3n) is 4.35. The summed E-state index contributed by atoms with van der Waals surface area (Å²) in [5.41, 5.74) is 1.92. The van der Waals surface area contributed by atoms with E-state index in [2.05, 4.69) is 10.3 Å². The first-order chi connectivity index (χ1) is 14.1. The number of benzene rings is 2. The quantitative estimate of drug-likeness (QED) is 0.466. The zero-order valence-electron chi connectivity index (χ0n) is 16.1. The minimum Gasteiger partial charge on any atom is -0.462 e. The molecule has 29 heavy (non-hydrogen) atoms. The van der Waals surface area contributed by atoms with Gasteiger partial charge < -0.3 is 15.0 Å². The first kappa shape index (κ1) is 20.1. The molecule has 2 N–H and O–H groups in total. The molecule has 0 saturated heterocycles. The molecule has 0 radical (unpaired) electrons. The van der Waals surface area contributed by atoms with E-state index in [9.17, 15) is 14.4 Å². The van der Waals surface area contributed by atoms with Crippen molar-refractivity contribution in [1.29, 1.82) is 0 Å². The van der Waals surface area contributed by atoms with E-state index in [1.807, 2.05) is 37.3 Å². The van der Waals surface area contributed by atoms with Gasteiger partial charge in [-0.2, -0.15) is 0 Å². The van der Waals surface area contributed by atoms with Crippen LogP contribution in [-0.4, -0.2) is 23.5 Å². The van der Waals surface area contributed by atoms with Crippen LogP contribution in [0.1, 0.15) is 40.5 Å². The van der Waals surface area contributed by atoms with Crippen molar-refractivity contribution in [1.82, 2.24) is 4.98 Å². The van der Waals surface area contributed by atoms with Gasteiger partial charge in [-0.15, -0.1) is 0 Å². The predicted molar refractivity (Wildman–Crippen MR) is 112 cm³/mol. The summed E-state index contributed by atoms with van der Waals surface area (Å²) in [5.74, 6) is -0.923. The molecule has 0 saturated carbocycles. The Kier molecular flexibility index (Phi) is 6.58. The predicted octanol–water partition coefficient (Wildman–Crippen LogP) is 4.25. The fourth-order valence-electron chi connectivity index (χ4n) is 2.72. The lowest BCUT2D eigenvalue weighted by Gasteiger charge is -2.08. The summed E-state index contributed by atoms with van der Waals surface area (Å²) in [6.07, 6.45) is 1.77. The number of carbonyl (C=O) groups excluding carboxylic acids is 2. The second-order valence-corrected chi connectivity index (χ2v) is 6.50. The van der Waals surface area contributed by atoms with Crippen LogP contribution in [0.2, 0.25) is 0 Å². The summed E-state index contributed by atoms with van der Waals surface area (Å²) >= 11 is 0. The molecule has 0 aliphatic rings. The van der Waals surface area contributed by atoms with Gasteiger partial charge in [-0.25, -0.2) is 4.79 Å². The number of H-pyrrole nitrogens is 1. The second kappa shape index (κ2) is 9.50. The lowest BCUT2D eigenvalue weighted by Crippen LogP contribution is -2.23. The number of anilines is 1. The highest BCUT2D eigenvalue weighted by atomic mass is 16.5. The normalized spacial score (nSPS) is 10.4. The Labute approximate surface area is 168 Å². The van der Waals surface area contributed by atoms with Gasteiger partial charge in [0.2, 0.25) is 0 Å².